The molecule has 1 fully saturated rings. The highest BCUT2D eigenvalue weighted by atomic mass is 16.5. The first-order chi connectivity index (χ1) is 10.2. The van der Waals surface area contributed by atoms with E-state index >= 15 is 0 Å². The zero-order chi connectivity index (χ0) is 15.1. The summed E-state index contributed by atoms with van der Waals surface area (Å²) in [7, 11) is 1.45. The van der Waals surface area contributed by atoms with E-state index in [1.807, 2.05) is 13.0 Å². The highest BCUT2D eigenvalue weighted by Gasteiger charge is 2.25. The number of hydrogen-bond donors (Lipinski definition) is 1. The first-order valence-corrected chi connectivity index (χ1v) is 7.83. The van der Waals surface area contributed by atoms with E-state index in [1.165, 1.54) is 19.1 Å². The predicted molar refractivity (Wildman–Crippen MR) is 84.0 cm³/mol. The largest absolute Gasteiger partial charge is 0.468 e. The molecule has 0 bridgehead atoms. The van der Waals surface area contributed by atoms with Gasteiger partial charge < -0.3 is 10.1 Å². The van der Waals surface area contributed by atoms with Crippen LogP contribution in [0, 0.1) is 0 Å². The van der Waals surface area contributed by atoms with Gasteiger partial charge >= 0.3 is 5.97 Å². The van der Waals surface area contributed by atoms with Crippen LogP contribution in [0.3, 0.4) is 0 Å². The molecule has 1 aromatic rings. The van der Waals surface area contributed by atoms with Crippen molar-refractivity contribution in [2.45, 2.75) is 44.8 Å². The van der Waals surface area contributed by atoms with Gasteiger partial charge in [-0.15, -0.1) is 0 Å². The van der Waals surface area contributed by atoms with Gasteiger partial charge in [-0.05, 0) is 31.4 Å². The summed E-state index contributed by atoms with van der Waals surface area (Å²) in [6.45, 7) is 5.11. The molecule has 1 aromatic carbocycles. The molecule has 1 aliphatic heterocycles. The molecule has 0 radical (unpaired) electrons. The molecule has 4 nitrogen and oxygen atoms in total. The third-order valence-corrected chi connectivity index (χ3v) is 4.09. The molecule has 0 aromatic heterocycles. The molecule has 0 aliphatic carbocycles. The van der Waals surface area contributed by atoms with Crippen molar-refractivity contribution in [3.63, 3.8) is 0 Å². The van der Waals surface area contributed by atoms with Crippen molar-refractivity contribution in [3.8, 4) is 0 Å². The van der Waals surface area contributed by atoms with Crippen molar-refractivity contribution in [2.24, 2.45) is 0 Å². The molecule has 2 atom stereocenters. The Hall–Kier alpha value is -1.39. The number of piperidine rings is 1. The molecule has 0 spiro atoms. The third-order valence-electron chi connectivity index (χ3n) is 4.09. The Balaban J connectivity index is 1.87. The van der Waals surface area contributed by atoms with E-state index in [1.54, 1.807) is 0 Å². The summed E-state index contributed by atoms with van der Waals surface area (Å²) in [4.78, 5) is 14.1. The third kappa shape index (κ3) is 4.83. The Bertz CT molecular complexity index is 436. The molecule has 21 heavy (non-hydrogen) atoms. The molecular weight excluding hydrogens is 264 g/mol. The number of hydrogen-bond acceptors (Lipinski definition) is 4. The Kier molecular flexibility index (Phi) is 6.21. The fraction of sp³-hybridized carbons (Fsp3) is 0.588. The number of likely N-dealkylation sites (tertiary alicyclic amines) is 1. The lowest BCUT2D eigenvalue weighted by Gasteiger charge is -2.34. The maximum Gasteiger partial charge on any atom is 0.322 e. The number of carbonyl (C=O) groups excluding carboxylic acids is 1. The second kappa shape index (κ2) is 8.15. The average molecular weight is 290 g/mol. The van der Waals surface area contributed by atoms with Crippen LogP contribution >= 0.6 is 0 Å². The van der Waals surface area contributed by atoms with Gasteiger partial charge in [-0.1, -0.05) is 37.3 Å². The monoisotopic (exact) mass is 290 g/mol. The van der Waals surface area contributed by atoms with Crippen molar-refractivity contribution < 1.29 is 9.53 Å². The minimum atomic E-state index is -0.184. The van der Waals surface area contributed by atoms with Crippen LogP contribution in [0.4, 0.5) is 0 Å². The van der Waals surface area contributed by atoms with Crippen LogP contribution in [0.5, 0.6) is 0 Å². The number of rotatable bonds is 6. The second-order valence-corrected chi connectivity index (χ2v) is 5.71. The number of esters is 1. The molecule has 2 unspecified atom stereocenters. The minimum Gasteiger partial charge on any atom is -0.468 e. The summed E-state index contributed by atoms with van der Waals surface area (Å²) in [5.41, 5.74) is 1.35. The summed E-state index contributed by atoms with van der Waals surface area (Å²) in [6, 6.07) is 10.7. The molecular formula is C17H26N2O2. The lowest BCUT2D eigenvalue weighted by atomic mass is 10.0. The second-order valence-electron chi connectivity index (χ2n) is 5.71. The number of benzene rings is 1. The van der Waals surface area contributed by atoms with Crippen LogP contribution in [-0.2, 0) is 16.1 Å². The SMILES string of the molecule is CCC(NC1CCCN(Cc2ccccc2)C1)C(=O)OC. The minimum absolute atomic E-state index is 0.155. The number of nitrogens with one attached hydrogen (secondary N) is 1. The van der Waals surface area contributed by atoms with E-state index in [0.717, 1.165) is 32.5 Å². The first-order valence-electron chi connectivity index (χ1n) is 7.83. The van der Waals surface area contributed by atoms with E-state index < -0.39 is 0 Å². The van der Waals surface area contributed by atoms with Gasteiger partial charge in [0.05, 0.1) is 7.11 Å². The molecule has 1 N–H and O–H groups in total. The normalized spacial score (nSPS) is 21.0. The van der Waals surface area contributed by atoms with Crippen molar-refractivity contribution in [2.75, 3.05) is 20.2 Å². The van der Waals surface area contributed by atoms with E-state index in [2.05, 4.69) is 34.5 Å². The molecule has 116 valence electrons. The molecule has 1 heterocycles. The maximum atomic E-state index is 11.7. The molecule has 2 rings (SSSR count). The lowest BCUT2D eigenvalue weighted by Crippen LogP contribution is -2.51. The van der Waals surface area contributed by atoms with Crippen LogP contribution in [-0.4, -0.2) is 43.2 Å². The van der Waals surface area contributed by atoms with Crippen LogP contribution in [0.1, 0.15) is 31.7 Å². The Morgan fingerprint density at radius 1 is 1.43 bits per heavy atom. The zero-order valence-corrected chi connectivity index (χ0v) is 13.0. The summed E-state index contributed by atoms with van der Waals surface area (Å²) < 4.78 is 4.85. The topological polar surface area (TPSA) is 41.6 Å². The van der Waals surface area contributed by atoms with Crippen molar-refractivity contribution in [1.82, 2.24) is 10.2 Å². The van der Waals surface area contributed by atoms with Crippen molar-refractivity contribution in [3.05, 3.63) is 35.9 Å². The highest BCUT2D eigenvalue weighted by molar-refractivity contribution is 5.75. The molecule has 4 heteroatoms. The van der Waals surface area contributed by atoms with Gasteiger partial charge in [0, 0.05) is 19.1 Å². The molecule has 1 aliphatic rings. The summed E-state index contributed by atoms with van der Waals surface area (Å²) >= 11 is 0. The average Bonchev–Trinajstić information content (AvgIpc) is 2.53. The van der Waals surface area contributed by atoms with E-state index in [9.17, 15) is 4.79 Å². The Morgan fingerprint density at radius 3 is 2.86 bits per heavy atom. The smallest absolute Gasteiger partial charge is 0.322 e. The fourth-order valence-corrected chi connectivity index (χ4v) is 2.96. The van der Waals surface area contributed by atoms with Gasteiger partial charge in [-0.25, -0.2) is 0 Å². The summed E-state index contributed by atoms with van der Waals surface area (Å²) in [6.07, 6.45) is 3.06. The van der Waals surface area contributed by atoms with Gasteiger partial charge in [-0.3, -0.25) is 9.69 Å². The van der Waals surface area contributed by atoms with Gasteiger partial charge in [-0.2, -0.15) is 0 Å². The zero-order valence-electron chi connectivity index (χ0n) is 13.0. The van der Waals surface area contributed by atoms with Crippen LogP contribution < -0.4 is 5.32 Å². The fourth-order valence-electron chi connectivity index (χ4n) is 2.96. The first kappa shape index (κ1) is 16.0. The van der Waals surface area contributed by atoms with Crippen LogP contribution in [0.2, 0.25) is 0 Å². The number of ether oxygens (including phenoxy) is 1. The van der Waals surface area contributed by atoms with Gasteiger partial charge in [0.25, 0.3) is 0 Å². The maximum absolute atomic E-state index is 11.7. The van der Waals surface area contributed by atoms with Crippen molar-refractivity contribution in [1.29, 1.82) is 0 Å². The standard InChI is InChI=1S/C17H26N2O2/c1-3-16(17(20)21-2)18-15-10-7-11-19(13-15)12-14-8-5-4-6-9-14/h4-6,8-9,15-16,18H,3,7,10-13H2,1-2H3. The Labute approximate surface area is 127 Å². The van der Waals surface area contributed by atoms with Crippen molar-refractivity contribution >= 4 is 5.97 Å². The van der Waals surface area contributed by atoms with E-state index in [0.29, 0.717) is 6.04 Å². The summed E-state index contributed by atoms with van der Waals surface area (Å²) in [5, 5.41) is 3.46. The van der Waals surface area contributed by atoms with Gasteiger partial charge in [0.1, 0.15) is 6.04 Å². The number of nitrogens with zero attached hydrogens (tertiary/aromatic N) is 1. The highest BCUT2D eigenvalue weighted by Crippen LogP contribution is 2.14. The molecule has 0 saturated carbocycles. The van der Waals surface area contributed by atoms with E-state index in [4.69, 9.17) is 4.74 Å². The quantitative estimate of drug-likeness (QED) is 0.816. The molecule has 0 amide bonds. The number of carbonyl (C=O) groups is 1. The molecule has 1 saturated heterocycles. The van der Waals surface area contributed by atoms with Gasteiger partial charge in [0.15, 0.2) is 0 Å². The van der Waals surface area contributed by atoms with Crippen LogP contribution in [0.15, 0.2) is 30.3 Å². The number of methoxy groups -OCH3 is 1. The summed E-state index contributed by atoms with van der Waals surface area (Å²) in [5.74, 6) is -0.155. The van der Waals surface area contributed by atoms with E-state index in [-0.39, 0.29) is 12.0 Å². The predicted octanol–water partition coefficient (Wildman–Crippen LogP) is 2.19. The lowest BCUT2D eigenvalue weighted by molar-refractivity contribution is -0.143. The van der Waals surface area contributed by atoms with Crippen LogP contribution in [0.25, 0.3) is 0 Å². The Morgan fingerprint density at radius 2 is 2.19 bits per heavy atom. The van der Waals surface area contributed by atoms with Gasteiger partial charge in [0.2, 0.25) is 0 Å².